The minimum atomic E-state index is -1.21. The number of rotatable bonds is 10. The zero-order valence-electron chi connectivity index (χ0n) is 29.7. The van der Waals surface area contributed by atoms with Crippen molar-refractivity contribution in [2.75, 3.05) is 84.2 Å². The lowest BCUT2D eigenvalue weighted by Gasteiger charge is -2.35. The Labute approximate surface area is 286 Å². The third kappa shape index (κ3) is 7.13. The van der Waals surface area contributed by atoms with Crippen LogP contribution in [0.25, 0.3) is 0 Å². The van der Waals surface area contributed by atoms with E-state index in [1.807, 2.05) is 18.2 Å². The molecule has 48 heavy (non-hydrogen) atoms. The number of anilines is 1. The van der Waals surface area contributed by atoms with Crippen LogP contribution in [-0.4, -0.2) is 94.6 Å². The van der Waals surface area contributed by atoms with Gasteiger partial charge >= 0.3 is 0 Å². The molecule has 0 aliphatic carbocycles. The minimum Gasteiger partial charge on any atom is -0.492 e. The molecule has 258 valence electrons. The first-order valence-electron chi connectivity index (χ1n) is 17.5. The van der Waals surface area contributed by atoms with Gasteiger partial charge in [0.2, 0.25) is 5.91 Å². The molecule has 3 aliphatic heterocycles. The lowest BCUT2D eigenvalue weighted by Crippen LogP contribution is -2.40. The number of hydrogen-bond acceptors (Lipinski definition) is 7. The van der Waals surface area contributed by atoms with E-state index in [2.05, 4.69) is 99.1 Å². The number of fused-ring (bicyclic) bond motifs is 1. The van der Waals surface area contributed by atoms with Crippen LogP contribution in [0.3, 0.4) is 0 Å². The molecule has 0 aromatic heterocycles. The SMILES string of the molecule is CC(C)(C)c1ccc(OCCN2CCOCC2)c(C2(c3cc(C(C)(C)C)ccc3OCCN3CCOCC3)C(=O)Nc3ccccc32)c1. The first-order valence-corrected chi connectivity index (χ1v) is 17.5. The van der Waals surface area contributed by atoms with Crippen LogP contribution in [0.2, 0.25) is 0 Å². The zero-order valence-corrected chi connectivity index (χ0v) is 29.7. The number of nitrogens with one attached hydrogen (secondary N) is 1. The van der Waals surface area contributed by atoms with Crippen molar-refractivity contribution in [1.29, 1.82) is 0 Å². The summed E-state index contributed by atoms with van der Waals surface area (Å²) in [6, 6.07) is 20.9. The monoisotopic (exact) mass is 655 g/mol. The highest BCUT2D eigenvalue weighted by Crippen LogP contribution is 2.54. The van der Waals surface area contributed by atoms with E-state index in [1.165, 1.54) is 0 Å². The van der Waals surface area contributed by atoms with Gasteiger partial charge in [-0.25, -0.2) is 0 Å². The molecule has 0 radical (unpaired) electrons. The quantitative estimate of drug-likeness (QED) is 0.288. The smallest absolute Gasteiger partial charge is 0.244 e. The fourth-order valence-electron chi connectivity index (χ4n) is 6.99. The van der Waals surface area contributed by atoms with Gasteiger partial charge in [-0.05, 0) is 52.3 Å². The maximum atomic E-state index is 15.0. The van der Waals surface area contributed by atoms with Gasteiger partial charge < -0.3 is 24.3 Å². The number of nitrogens with zero attached hydrogens (tertiary/aromatic N) is 2. The Morgan fingerprint density at radius 3 is 1.58 bits per heavy atom. The van der Waals surface area contributed by atoms with Crippen LogP contribution in [0, 0.1) is 0 Å². The summed E-state index contributed by atoms with van der Waals surface area (Å²) >= 11 is 0. The molecular formula is C40H53N3O5. The van der Waals surface area contributed by atoms with Gasteiger partial charge in [0, 0.05) is 61.6 Å². The highest BCUT2D eigenvalue weighted by atomic mass is 16.5. The van der Waals surface area contributed by atoms with Crippen molar-refractivity contribution < 1.29 is 23.7 Å². The average molecular weight is 656 g/mol. The molecule has 3 heterocycles. The largest absolute Gasteiger partial charge is 0.492 e. The van der Waals surface area contributed by atoms with Crippen LogP contribution in [0.15, 0.2) is 60.7 Å². The number of hydrogen-bond donors (Lipinski definition) is 1. The summed E-state index contributed by atoms with van der Waals surface area (Å²) in [6.45, 7) is 22.4. The molecular weight excluding hydrogens is 602 g/mol. The van der Waals surface area contributed by atoms with Gasteiger partial charge in [-0.3, -0.25) is 14.6 Å². The van der Waals surface area contributed by atoms with Gasteiger partial charge in [0.15, 0.2) is 0 Å². The summed E-state index contributed by atoms with van der Waals surface area (Å²) in [6.07, 6.45) is 0. The second-order valence-corrected chi connectivity index (χ2v) is 15.3. The maximum absolute atomic E-state index is 15.0. The topological polar surface area (TPSA) is 72.5 Å². The molecule has 0 atom stereocenters. The van der Waals surface area contributed by atoms with E-state index in [1.54, 1.807) is 0 Å². The predicted molar refractivity (Wildman–Crippen MR) is 191 cm³/mol. The number of carbonyl (C=O) groups is 1. The van der Waals surface area contributed by atoms with Gasteiger partial charge in [-0.15, -0.1) is 0 Å². The molecule has 0 bridgehead atoms. The first-order chi connectivity index (χ1) is 23.0. The molecule has 1 amide bonds. The van der Waals surface area contributed by atoms with E-state index in [4.69, 9.17) is 18.9 Å². The van der Waals surface area contributed by atoms with Crippen molar-refractivity contribution in [2.45, 2.75) is 57.8 Å². The lowest BCUT2D eigenvalue weighted by atomic mass is 9.67. The molecule has 0 spiro atoms. The second-order valence-electron chi connectivity index (χ2n) is 15.3. The Hall–Kier alpha value is -3.43. The summed E-state index contributed by atoms with van der Waals surface area (Å²) < 4.78 is 24.5. The fourth-order valence-corrected chi connectivity index (χ4v) is 6.99. The summed E-state index contributed by atoms with van der Waals surface area (Å²) in [5.41, 5.74) is 4.15. The van der Waals surface area contributed by atoms with Crippen LogP contribution in [0.4, 0.5) is 5.69 Å². The van der Waals surface area contributed by atoms with Crippen molar-refractivity contribution in [3.8, 4) is 11.5 Å². The number of benzene rings is 3. The molecule has 2 saturated heterocycles. The maximum Gasteiger partial charge on any atom is 0.244 e. The van der Waals surface area contributed by atoms with Crippen LogP contribution in [-0.2, 0) is 30.5 Å². The van der Waals surface area contributed by atoms with Crippen molar-refractivity contribution in [2.24, 2.45) is 0 Å². The van der Waals surface area contributed by atoms with Crippen LogP contribution >= 0.6 is 0 Å². The van der Waals surface area contributed by atoms with Gasteiger partial charge in [0.25, 0.3) is 0 Å². The lowest BCUT2D eigenvalue weighted by molar-refractivity contribution is -0.118. The number of carbonyl (C=O) groups excluding carboxylic acids is 1. The highest BCUT2D eigenvalue weighted by Gasteiger charge is 2.53. The van der Waals surface area contributed by atoms with Crippen molar-refractivity contribution in [3.05, 3.63) is 88.5 Å². The Balaban J connectivity index is 1.51. The number of para-hydroxylation sites is 1. The Morgan fingerprint density at radius 1 is 0.667 bits per heavy atom. The van der Waals surface area contributed by atoms with Crippen LogP contribution in [0.5, 0.6) is 11.5 Å². The van der Waals surface area contributed by atoms with E-state index >= 15 is 0 Å². The predicted octanol–water partition coefficient (Wildman–Crippen LogP) is 5.99. The van der Waals surface area contributed by atoms with E-state index in [0.717, 1.165) is 99.2 Å². The van der Waals surface area contributed by atoms with E-state index < -0.39 is 5.41 Å². The summed E-state index contributed by atoms with van der Waals surface area (Å²) in [7, 11) is 0. The standard InChI is InChI=1S/C40H53N3O5/c1-38(2,3)29-11-13-35(47-25-19-42-15-21-45-22-16-42)32(27-29)40(31-9-7-8-10-34(31)41-37(40)44)33-28-30(39(4,5)6)12-14-36(33)48-26-20-43-17-23-46-24-18-43/h7-14,27-28H,15-26H2,1-6H3,(H,41,44). The molecule has 0 unspecified atom stereocenters. The third-order valence-electron chi connectivity index (χ3n) is 9.96. The summed E-state index contributed by atoms with van der Waals surface area (Å²) in [5.74, 6) is 1.32. The summed E-state index contributed by atoms with van der Waals surface area (Å²) in [5, 5.41) is 3.28. The molecule has 1 N–H and O–H groups in total. The van der Waals surface area contributed by atoms with Crippen molar-refractivity contribution in [3.63, 3.8) is 0 Å². The zero-order chi connectivity index (χ0) is 33.9. The summed E-state index contributed by atoms with van der Waals surface area (Å²) in [4.78, 5) is 19.7. The first kappa shape index (κ1) is 34.4. The van der Waals surface area contributed by atoms with Crippen LogP contribution in [0.1, 0.15) is 69.4 Å². The molecule has 3 aromatic carbocycles. The highest BCUT2D eigenvalue weighted by molar-refractivity contribution is 6.12. The minimum absolute atomic E-state index is 0.100. The molecule has 8 nitrogen and oxygen atoms in total. The second kappa shape index (κ2) is 14.2. The van der Waals surface area contributed by atoms with Gasteiger partial charge in [-0.1, -0.05) is 71.9 Å². The molecule has 3 aliphatic rings. The molecule has 8 heteroatoms. The normalized spacial score (nSPS) is 18.8. The molecule has 6 rings (SSSR count). The van der Waals surface area contributed by atoms with Crippen molar-refractivity contribution in [1.82, 2.24) is 9.80 Å². The van der Waals surface area contributed by atoms with Crippen LogP contribution < -0.4 is 14.8 Å². The van der Waals surface area contributed by atoms with E-state index in [-0.39, 0.29) is 16.7 Å². The van der Waals surface area contributed by atoms with Gasteiger partial charge in [0.05, 0.1) is 26.4 Å². The van der Waals surface area contributed by atoms with Crippen molar-refractivity contribution >= 4 is 11.6 Å². The average Bonchev–Trinajstić information content (AvgIpc) is 3.37. The molecule has 0 saturated carbocycles. The molecule has 2 fully saturated rings. The number of ether oxygens (including phenoxy) is 4. The Kier molecular flexibility index (Phi) is 10.2. The van der Waals surface area contributed by atoms with Gasteiger partial charge in [-0.2, -0.15) is 0 Å². The third-order valence-corrected chi connectivity index (χ3v) is 9.96. The van der Waals surface area contributed by atoms with E-state index in [9.17, 15) is 4.79 Å². The fraction of sp³-hybridized carbons (Fsp3) is 0.525. The Morgan fingerprint density at radius 2 is 1.12 bits per heavy atom. The number of morpholine rings is 2. The molecule has 3 aromatic rings. The number of amides is 1. The van der Waals surface area contributed by atoms with E-state index in [0.29, 0.717) is 24.7 Å². The van der Waals surface area contributed by atoms with Gasteiger partial charge in [0.1, 0.15) is 30.1 Å². The Bertz CT molecular complexity index is 1490.